The number of hydrogen-bond donors (Lipinski definition) is 2. The molecule has 13 heteroatoms. The lowest BCUT2D eigenvalue weighted by molar-refractivity contribution is -0.272. The molecule has 2 amide bonds. The molecule has 2 saturated heterocycles. The van der Waals surface area contributed by atoms with Crippen LogP contribution in [0.4, 0.5) is 32.0 Å². The minimum absolute atomic E-state index is 0.00636. The second kappa shape index (κ2) is 11.0. The van der Waals surface area contributed by atoms with Crippen molar-refractivity contribution in [3.63, 3.8) is 0 Å². The van der Waals surface area contributed by atoms with Gasteiger partial charge in [0.25, 0.3) is 0 Å². The molecule has 3 aromatic rings. The van der Waals surface area contributed by atoms with Gasteiger partial charge in [-0.1, -0.05) is 18.2 Å². The van der Waals surface area contributed by atoms with Gasteiger partial charge in [0.05, 0.1) is 41.4 Å². The Hall–Kier alpha value is -4.10. The fraction of sp³-hybridized carbons (Fsp3) is 0.394. The van der Waals surface area contributed by atoms with Gasteiger partial charge >= 0.3 is 12.4 Å². The molecule has 0 unspecified atom stereocenters. The number of phenols is 1. The van der Waals surface area contributed by atoms with Crippen molar-refractivity contribution in [2.24, 2.45) is 23.7 Å². The van der Waals surface area contributed by atoms with Gasteiger partial charge in [0.2, 0.25) is 11.8 Å². The largest absolute Gasteiger partial charge is 0.507 e. The smallest absolute Gasteiger partial charge is 0.416 e. The molecule has 46 heavy (non-hydrogen) atoms. The van der Waals surface area contributed by atoms with E-state index in [1.54, 1.807) is 56.3 Å². The van der Waals surface area contributed by atoms with Crippen LogP contribution >= 0.6 is 0 Å². The Kier molecular flexibility index (Phi) is 7.63. The van der Waals surface area contributed by atoms with E-state index in [9.17, 15) is 46.1 Å². The van der Waals surface area contributed by atoms with Crippen molar-refractivity contribution >= 4 is 17.5 Å². The number of carbonyl (C=O) groups excluding carboxylic acids is 2. The minimum Gasteiger partial charge on any atom is -0.507 e. The average Bonchev–Trinajstić information content (AvgIpc) is 3.47. The summed E-state index contributed by atoms with van der Waals surface area (Å²) in [6.45, 7) is 3.19. The Morgan fingerprint density at radius 2 is 1.48 bits per heavy atom. The molecule has 0 radical (unpaired) electrons. The number of phenolic OH excluding ortho intramolecular Hbond substituents is 1. The summed E-state index contributed by atoms with van der Waals surface area (Å²) >= 11 is 0. The van der Waals surface area contributed by atoms with Crippen LogP contribution in [-0.2, 0) is 26.7 Å². The summed E-state index contributed by atoms with van der Waals surface area (Å²) in [5.74, 6) is -7.95. The Balaban J connectivity index is 1.41. The van der Waals surface area contributed by atoms with Crippen LogP contribution in [0.5, 0.6) is 11.5 Å². The first-order chi connectivity index (χ1) is 21.5. The van der Waals surface area contributed by atoms with Crippen molar-refractivity contribution in [2.45, 2.75) is 50.9 Å². The molecule has 1 aliphatic carbocycles. The number of imide groups is 1. The molecule has 3 aromatic carbocycles. The monoisotopic (exact) mass is 649 g/mol. The summed E-state index contributed by atoms with van der Waals surface area (Å²) in [5, 5.41) is 22.4. The number of benzene rings is 3. The number of fused-ring (bicyclic) bond motifs is 3. The van der Waals surface area contributed by atoms with Crippen molar-refractivity contribution in [1.29, 1.82) is 0 Å². The number of aromatic hydroxyl groups is 1. The van der Waals surface area contributed by atoms with Crippen LogP contribution in [0.3, 0.4) is 0 Å². The number of alkyl halides is 6. The number of para-hydroxylation sites is 1. The van der Waals surface area contributed by atoms with Crippen LogP contribution < -0.4 is 9.64 Å². The van der Waals surface area contributed by atoms with Gasteiger partial charge in [0.15, 0.2) is 5.79 Å². The molecule has 3 aliphatic rings. The third kappa shape index (κ3) is 5.38. The first-order valence-corrected chi connectivity index (χ1v) is 14.5. The third-order valence-corrected chi connectivity index (χ3v) is 9.27. The summed E-state index contributed by atoms with van der Waals surface area (Å²) in [5.41, 5.74) is -2.54. The van der Waals surface area contributed by atoms with Gasteiger partial charge in [0, 0.05) is 11.8 Å². The minimum atomic E-state index is -5.19. The quantitative estimate of drug-likeness (QED) is 0.236. The fourth-order valence-corrected chi connectivity index (χ4v) is 7.09. The highest BCUT2D eigenvalue weighted by molar-refractivity contribution is 6.22. The van der Waals surface area contributed by atoms with Crippen molar-refractivity contribution in [2.75, 3.05) is 11.5 Å². The van der Waals surface area contributed by atoms with Gasteiger partial charge in [-0.2, -0.15) is 26.3 Å². The van der Waals surface area contributed by atoms with E-state index in [0.29, 0.717) is 39.5 Å². The molecule has 0 aromatic heterocycles. The number of rotatable bonds is 5. The Labute approximate surface area is 259 Å². The average molecular weight is 650 g/mol. The Bertz CT molecular complexity index is 1640. The standard InChI is InChI=1S/C33H29F6NO6/c1-16-8-18(9-17(2)28(16)41)26-14-25-27-24(13-21(31(25,44)46-26)15-45-23-6-4-3-5-7-23)29(42)40(30(27)43)22-11-19(32(34,35)36)10-20(12-22)33(37,38)39/h3-12,21,24-27,41,44H,13-15H2,1-2H3/t21-,24+,25+,26+,27+,31-/m1/s1. The first-order valence-electron chi connectivity index (χ1n) is 14.5. The van der Waals surface area contributed by atoms with E-state index in [0.717, 1.165) is 0 Å². The van der Waals surface area contributed by atoms with E-state index in [2.05, 4.69) is 0 Å². The van der Waals surface area contributed by atoms with Crippen molar-refractivity contribution < 1.29 is 55.6 Å². The zero-order valence-corrected chi connectivity index (χ0v) is 24.5. The van der Waals surface area contributed by atoms with E-state index < -0.39 is 76.5 Å². The van der Waals surface area contributed by atoms with E-state index in [-0.39, 0.29) is 31.3 Å². The normalized spacial score (nSPS) is 27.9. The fourth-order valence-electron chi connectivity index (χ4n) is 7.09. The Morgan fingerprint density at radius 1 is 0.891 bits per heavy atom. The molecule has 6 atom stereocenters. The maximum Gasteiger partial charge on any atom is 0.416 e. The highest BCUT2D eigenvalue weighted by atomic mass is 19.4. The number of halogens is 6. The number of hydrogen-bond acceptors (Lipinski definition) is 6. The third-order valence-electron chi connectivity index (χ3n) is 9.27. The zero-order valence-electron chi connectivity index (χ0n) is 24.5. The molecule has 2 aliphatic heterocycles. The lowest BCUT2D eigenvalue weighted by Gasteiger charge is -2.44. The molecule has 2 heterocycles. The van der Waals surface area contributed by atoms with Crippen molar-refractivity contribution in [3.8, 4) is 11.5 Å². The number of nitrogens with zero attached hydrogens (tertiary/aromatic N) is 1. The molecule has 1 saturated carbocycles. The summed E-state index contributed by atoms with van der Waals surface area (Å²) in [7, 11) is 0. The Morgan fingerprint density at radius 3 is 2.04 bits per heavy atom. The summed E-state index contributed by atoms with van der Waals surface area (Å²) in [4.78, 5) is 28.1. The summed E-state index contributed by atoms with van der Waals surface area (Å²) in [6.07, 6.45) is -11.4. The summed E-state index contributed by atoms with van der Waals surface area (Å²) in [6, 6.07) is 12.5. The molecule has 3 fully saturated rings. The number of amides is 2. The second-order valence-corrected chi connectivity index (χ2v) is 12.2. The SMILES string of the molecule is Cc1cc([C@@H]2C[C@H]3[C@H]4C(=O)N(c5cc(C(F)(F)F)cc(C(F)(F)F)c5)C(=O)[C@H]4C[C@H](COc4ccccc4)[C@@]3(O)O2)cc(C)c1O. The van der Waals surface area contributed by atoms with Gasteiger partial charge in [-0.25, -0.2) is 0 Å². The van der Waals surface area contributed by atoms with E-state index in [1.165, 1.54) is 0 Å². The molecular formula is C33H29F6NO6. The highest BCUT2D eigenvalue weighted by Crippen LogP contribution is 2.59. The van der Waals surface area contributed by atoms with Crippen LogP contribution in [0.2, 0.25) is 0 Å². The van der Waals surface area contributed by atoms with Crippen LogP contribution in [0.1, 0.15) is 46.8 Å². The van der Waals surface area contributed by atoms with Crippen molar-refractivity contribution in [3.05, 3.63) is 88.5 Å². The predicted octanol–water partition coefficient (Wildman–Crippen LogP) is 6.72. The number of carbonyl (C=O) groups is 2. The van der Waals surface area contributed by atoms with Crippen LogP contribution in [-0.4, -0.2) is 34.4 Å². The number of aryl methyl sites for hydroxylation is 2. The molecule has 2 N–H and O–H groups in total. The van der Waals surface area contributed by atoms with E-state index in [4.69, 9.17) is 9.47 Å². The van der Waals surface area contributed by atoms with Gasteiger partial charge in [0.1, 0.15) is 11.5 Å². The molecule has 7 nitrogen and oxygen atoms in total. The van der Waals surface area contributed by atoms with Crippen LogP contribution in [0.25, 0.3) is 0 Å². The van der Waals surface area contributed by atoms with Gasteiger partial charge in [-0.3, -0.25) is 14.5 Å². The first kappa shape index (κ1) is 31.9. The van der Waals surface area contributed by atoms with E-state index >= 15 is 0 Å². The van der Waals surface area contributed by atoms with Crippen LogP contribution in [0.15, 0.2) is 60.7 Å². The second-order valence-electron chi connectivity index (χ2n) is 12.2. The predicted molar refractivity (Wildman–Crippen MR) is 150 cm³/mol. The van der Waals surface area contributed by atoms with Gasteiger partial charge in [-0.15, -0.1) is 0 Å². The van der Waals surface area contributed by atoms with Gasteiger partial charge < -0.3 is 19.7 Å². The molecule has 0 bridgehead atoms. The van der Waals surface area contributed by atoms with Crippen LogP contribution in [0, 0.1) is 37.5 Å². The van der Waals surface area contributed by atoms with E-state index in [1.807, 2.05) is 0 Å². The maximum absolute atomic E-state index is 14.0. The molecule has 0 spiro atoms. The number of ether oxygens (including phenoxy) is 2. The van der Waals surface area contributed by atoms with Crippen molar-refractivity contribution in [1.82, 2.24) is 0 Å². The lowest BCUT2D eigenvalue weighted by Crippen LogP contribution is -2.55. The topological polar surface area (TPSA) is 96.3 Å². The molecule has 244 valence electrons. The zero-order chi connectivity index (χ0) is 33.3. The summed E-state index contributed by atoms with van der Waals surface area (Å²) < 4.78 is 94.2. The maximum atomic E-state index is 14.0. The van der Waals surface area contributed by atoms with Gasteiger partial charge in [-0.05, 0) is 85.8 Å². The molecular weight excluding hydrogens is 620 g/mol. The highest BCUT2D eigenvalue weighted by Gasteiger charge is 2.67. The number of aliphatic hydroxyl groups is 1. The lowest BCUT2D eigenvalue weighted by atomic mass is 9.64. The molecule has 6 rings (SSSR count). The number of anilines is 1.